The molecule has 0 aliphatic heterocycles. The minimum Gasteiger partial charge on any atom is -0.496 e. The Balaban J connectivity index is 0. The number of hydrogen-bond acceptors (Lipinski definition) is 3. The molecule has 1 rings (SSSR count). The highest BCUT2D eigenvalue weighted by Crippen LogP contribution is 2.17. The van der Waals surface area contributed by atoms with E-state index in [0.29, 0.717) is 11.3 Å². The van der Waals surface area contributed by atoms with Gasteiger partial charge < -0.3 is 9.47 Å². The van der Waals surface area contributed by atoms with Crippen LogP contribution in [0, 0.1) is 0 Å². The molecular weight excluding hydrogens is 216 g/mol. The largest absolute Gasteiger partial charge is 0.496 e. The average molecular weight is 240 g/mol. The summed E-state index contributed by atoms with van der Waals surface area (Å²) in [6.07, 6.45) is 1.25. The Morgan fingerprint density at radius 2 is 1.59 bits per heavy atom. The van der Waals surface area contributed by atoms with Crippen LogP contribution in [-0.4, -0.2) is 20.2 Å². The Morgan fingerprint density at radius 1 is 1.12 bits per heavy atom. The number of methoxy groups -OCH3 is 2. The van der Waals surface area contributed by atoms with Gasteiger partial charge in [0.2, 0.25) is 0 Å². The topological polar surface area (TPSA) is 35.5 Å². The van der Waals surface area contributed by atoms with E-state index in [1.807, 2.05) is 13.8 Å². The van der Waals surface area contributed by atoms with Crippen molar-refractivity contribution in [2.45, 2.75) is 34.1 Å². The maximum absolute atomic E-state index is 11.1. The van der Waals surface area contributed by atoms with Crippen LogP contribution in [0.25, 0.3) is 0 Å². The van der Waals surface area contributed by atoms with Gasteiger partial charge in [0, 0.05) is 0 Å². The summed E-state index contributed by atoms with van der Waals surface area (Å²) in [5, 5.41) is 0. The van der Waals surface area contributed by atoms with Crippen molar-refractivity contribution in [3.05, 3.63) is 29.8 Å². The van der Waals surface area contributed by atoms with Gasteiger partial charge in [-0.3, -0.25) is 0 Å². The lowest BCUT2D eigenvalue weighted by Crippen LogP contribution is -2.03. The van der Waals surface area contributed by atoms with Crippen LogP contribution >= 0.6 is 0 Å². The first-order valence-electron chi connectivity index (χ1n) is 5.92. The molecule has 1 aromatic carbocycles. The molecule has 3 nitrogen and oxygen atoms in total. The van der Waals surface area contributed by atoms with Gasteiger partial charge in [0.05, 0.1) is 14.2 Å². The average Bonchev–Trinajstić information content (AvgIpc) is 2.41. The molecule has 0 radical (unpaired) electrons. The second-order valence-electron chi connectivity index (χ2n) is 2.90. The first-order chi connectivity index (χ1) is 8.21. The molecule has 0 aliphatic carbocycles. The van der Waals surface area contributed by atoms with Gasteiger partial charge in [-0.1, -0.05) is 46.2 Å². The highest BCUT2D eigenvalue weighted by Gasteiger charge is 2.10. The fraction of sp³-hybridized carbons (Fsp3) is 0.500. The van der Waals surface area contributed by atoms with E-state index in [0.717, 1.165) is 0 Å². The van der Waals surface area contributed by atoms with Crippen molar-refractivity contribution in [3.63, 3.8) is 0 Å². The summed E-state index contributed by atoms with van der Waals surface area (Å²) >= 11 is 0. The molecule has 0 unspecified atom stereocenters. The number of carbonyl (C=O) groups is 1. The summed E-state index contributed by atoms with van der Waals surface area (Å²) in [5.41, 5.74) is 0.447. The Kier molecular flexibility index (Phi) is 13.2. The summed E-state index contributed by atoms with van der Waals surface area (Å²) in [4.78, 5) is 11.1. The SMILES string of the molecule is CC.CCC.COC(=O)c1ccccc1OC. The van der Waals surface area contributed by atoms with E-state index >= 15 is 0 Å². The van der Waals surface area contributed by atoms with Crippen molar-refractivity contribution < 1.29 is 14.3 Å². The third-order valence-electron chi connectivity index (χ3n) is 1.51. The molecule has 0 aromatic heterocycles. The predicted molar refractivity (Wildman–Crippen MR) is 71.6 cm³/mol. The predicted octanol–water partition coefficient (Wildman–Crippen LogP) is 3.92. The van der Waals surface area contributed by atoms with Crippen LogP contribution in [0.5, 0.6) is 5.75 Å². The molecule has 98 valence electrons. The van der Waals surface area contributed by atoms with E-state index in [4.69, 9.17) is 4.74 Å². The Morgan fingerprint density at radius 3 is 2.00 bits per heavy atom. The zero-order chi connectivity index (χ0) is 13.7. The molecule has 0 N–H and O–H groups in total. The number of carbonyl (C=O) groups excluding carboxylic acids is 1. The quantitative estimate of drug-likeness (QED) is 0.735. The van der Waals surface area contributed by atoms with Crippen LogP contribution in [0.15, 0.2) is 24.3 Å². The maximum Gasteiger partial charge on any atom is 0.341 e. The van der Waals surface area contributed by atoms with Crippen LogP contribution in [-0.2, 0) is 4.74 Å². The summed E-state index contributed by atoms with van der Waals surface area (Å²) in [7, 11) is 2.86. The second kappa shape index (κ2) is 12.6. The zero-order valence-electron chi connectivity index (χ0n) is 11.7. The van der Waals surface area contributed by atoms with Crippen LogP contribution in [0.1, 0.15) is 44.5 Å². The number of rotatable bonds is 2. The molecule has 17 heavy (non-hydrogen) atoms. The van der Waals surface area contributed by atoms with Crippen LogP contribution in [0.4, 0.5) is 0 Å². The minimum absolute atomic E-state index is 0.382. The molecule has 0 atom stereocenters. The fourth-order valence-corrected chi connectivity index (χ4v) is 0.923. The van der Waals surface area contributed by atoms with Gasteiger partial charge >= 0.3 is 5.97 Å². The van der Waals surface area contributed by atoms with Gasteiger partial charge in [0.25, 0.3) is 0 Å². The second-order valence-corrected chi connectivity index (χ2v) is 2.90. The molecule has 0 spiro atoms. The van der Waals surface area contributed by atoms with Crippen molar-refractivity contribution in [2.75, 3.05) is 14.2 Å². The van der Waals surface area contributed by atoms with Gasteiger partial charge in [0.1, 0.15) is 11.3 Å². The lowest BCUT2D eigenvalue weighted by atomic mass is 10.2. The number of hydrogen-bond donors (Lipinski definition) is 0. The molecule has 0 bridgehead atoms. The highest BCUT2D eigenvalue weighted by atomic mass is 16.5. The number of ether oxygens (including phenoxy) is 2. The van der Waals surface area contributed by atoms with Gasteiger partial charge in [-0.15, -0.1) is 0 Å². The van der Waals surface area contributed by atoms with E-state index in [9.17, 15) is 4.79 Å². The van der Waals surface area contributed by atoms with E-state index in [1.165, 1.54) is 20.6 Å². The van der Waals surface area contributed by atoms with Gasteiger partial charge in [-0.05, 0) is 12.1 Å². The molecular formula is C14H24O3. The van der Waals surface area contributed by atoms with Crippen molar-refractivity contribution in [3.8, 4) is 5.75 Å². The van der Waals surface area contributed by atoms with Gasteiger partial charge in [0.15, 0.2) is 0 Å². The van der Waals surface area contributed by atoms with Crippen LogP contribution < -0.4 is 4.74 Å². The summed E-state index contributed by atoms with van der Waals surface area (Å²) in [6, 6.07) is 6.93. The monoisotopic (exact) mass is 240 g/mol. The first kappa shape index (κ1) is 17.9. The Hall–Kier alpha value is -1.51. The lowest BCUT2D eigenvalue weighted by molar-refractivity contribution is 0.0597. The van der Waals surface area contributed by atoms with Crippen molar-refractivity contribution in [2.24, 2.45) is 0 Å². The molecule has 3 heteroatoms. The lowest BCUT2D eigenvalue weighted by Gasteiger charge is -2.04. The molecule has 0 amide bonds. The number of benzene rings is 1. The smallest absolute Gasteiger partial charge is 0.341 e. The molecule has 0 heterocycles. The third kappa shape index (κ3) is 7.39. The third-order valence-corrected chi connectivity index (χ3v) is 1.51. The van der Waals surface area contributed by atoms with Crippen molar-refractivity contribution in [1.29, 1.82) is 0 Å². The standard InChI is InChI=1S/C9H10O3.C3H8.C2H6/c1-11-8-6-4-3-5-7(8)9(10)12-2;1-3-2;1-2/h3-6H,1-2H3;3H2,1-2H3;1-2H3. The molecule has 0 fully saturated rings. The van der Waals surface area contributed by atoms with E-state index in [-0.39, 0.29) is 5.97 Å². The summed E-state index contributed by atoms with van der Waals surface area (Å²) in [5.74, 6) is 0.150. The minimum atomic E-state index is -0.382. The van der Waals surface area contributed by atoms with E-state index in [1.54, 1.807) is 24.3 Å². The molecule has 0 saturated heterocycles. The summed E-state index contributed by atoms with van der Waals surface area (Å²) in [6.45, 7) is 8.25. The van der Waals surface area contributed by atoms with Gasteiger partial charge in [-0.25, -0.2) is 4.79 Å². The van der Waals surface area contributed by atoms with Crippen LogP contribution in [0.3, 0.4) is 0 Å². The molecule has 0 saturated carbocycles. The molecule has 1 aromatic rings. The van der Waals surface area contributed by atoms with Crippen LogP contribution in [0.2, 0.25) is 0 Å². The van der Waals surface area contributed by atoms with E-state index < -0.39 is 0 Å². The highest BCUT2D eigenvalue weighted by molar-refractivity contribution is 5.92. The van der Waals surface area contributed by atoms with Crippen molar-refractivity contribution in [1.82, 2.24) is 0 Å². The maximum atomic E-state index is 11.1. The Labute approximate surface area is 105 Å². The molecule has 0 aliphatic rings. The van der Waals surface area contributed by atoms with E-state index in [2.05, 4.69) is 18.6 Å². The fourth-order valence-electron chi connectivity index (χ4n) is 0.923. The summed E-state index contributed by atoms with van der Waals surface area (Å²) < 4.78 is 9.53. The normalized spacial score (nSPS) is 7.88. The number of esters is 1. The first-order valence-corrected chi connectivity index (χ1v) is 5.92. The number of para-hydroxylation sites is 1. The Bertz CT molecular complexity index is 295. The van der Waals surface area contributed by atoms with Gasteiger partial charge in [-0.2, -0.15) is 0 Å². The zero-order valence-corrected chi connectivity index (χ0v) is 11.7. The van der Waals surface area contributed by atoms with Crippen molar-refractivity contribution >= 4 is 5.97 Å².